The van der Waals surface area contributed by atoms with Crippen LogP contribution in [0.4, 0.5) is 0 Å². The predicted octanol–water partition coefficient (Wildman–Crippen LogP) is 1.12. The van der Waals surface area contributed by atoms with Crippen LogP contribution in [0.25, 0.3) is 0 Å². The lowest BCUT2D eigenvalue weighted by Crippen LogP contribution is -2.37. The number of hydrogen-bond acceptors (Lipinski definition) is 3. The summed E-state index contributed by atoms with van der Waals surface area (Å²) in [6.07, 6.45) is 1.07. The molecule has 1 aliphatic heterocycles. The third-order valence-electron chi connectivity index (χ3n) is 2.74. The second kappa shape index (κ2) is 5.64. The van der Waals surface area contributed by atoms with Crippen molar-refractivity contribution in [3.8, 4) is 0 Å². The van der Waals surface area contributed by atoms with Gasteiger partial charge < -0.3 is 10.0 Å². The quantitative estimate of drug-likeness (QED) is 0.786. The molecule has 94 valence electrons. The fraction of sp³-hybridized carbons (Fsp3) is 0.917. The summed E-state index contributed by atoms with van der Waals surface area (Å²) in [6.45, 7) is 11.9. The van der Waals surface area contributed by atoms with E-state index in [0.29, 0.717) is 5.41 Å². The fourth-order valence-electron chi connectivity index (χ4n) is 2.20. The highest BCUT2D eigenvalue weighted by Crippen LogP contribution is 2.16. The lowest BCUT2D eigenvalue weighted by Gasteiger charge is -2.28. The molecule has 0 unspecified atom stereocenters. The smallest absolute Gasteiger partial charge is 0.317 e. The van der Waals surface area contributed by atoms with Crippen LogP contribution in [0, 0.1) is 5.41 Å². The van der Waals surface area contributed by atoms with Gasteiger partial charge >= 0.3 is 5.97 Å². The zero-order chi connectivity index (χ0) is 12.2. The van der Waals surface area contributed by atoms with E-state index in [4.69, 9.17) is 5.11 Å². The number of hydrogen-bond donors (Lipinski definition) is 1. The summed E-state index contributed by atoms with van der Waals surface area (Å²) < 4.78 is 0. The lowest BCUT2D eigenvalue weighted by atomic mass is 9.96. The van der Waals surface area contributed by atoms with Crippen LogP contribution in [0.15, 0.2) is 0 Å². The van der Waals surface area contributed by atoms with E-state index in [1.165, 1.54) is 0 Å². The summed E-state index contributed by atoms with van der Waals surface area (Å²) in [6, 6.07) is 0. The molecular weight excluding hydrogens is 204 g/mol. The fourth-order valence-corrected chi connectivity index (χ4v) is 2.20. The molecule has 1 aliphatic rings. The van der Waals surface area contributed by atoms with E-state index in [9.17, 15) is 4.79 Å². The molecule has 1 fully saturated rings. The van der Waals surface area contributed by atoms with Gasteiger partial charge in [-0.2, -0.15) is 0 Å². The number of carboxylic acids is 1. The molecule has 1 heterocycles. The van der Waals surface area contributed by atoms with E-state index in [1.807, 2.05) is 4.90 Å². The van der Waals surface area contributed by atoms with Crippen LogP contribution < -0.4 is 0 Å². The van der Waals surface area contributed by atoms with Crippen molar-refractivity contribution in [3.63, 3.8) is 0 Å². The number of carbonyl (C=O) groups is 1. The summed E-state index contributed by atoms with van der Waals surface area (Å²) in [5.41, 5.74) is 0.321. The van der Waals surface area contributed by atoms with Crippen LogP contribution in [-0.4, -0.2) is 60.1 Å². The molecule has 0 aromatic heterocycles. The lowest BCUT2D eigenvalue weighted by molar-refractivity contribution is -0.138. The van der Waals surface area contributed by atoms with E-state index in [0.717, 1.165) is 39.1 Å². The van der Waals surface area contributed by atoms with Gasteiger partial charge in [0.05, 0.1) is 6.54 Å². The first kappa shape index (κ1) is 13.5. The van der Waals surface area contributed by atoms with Crippen molar-refractivity contribution in [1.29, 1.82) is 0 Å². The molecule has 0 atom stereocenters. The number of rotatable bonds is 3. The standard InChI is InChI=1S/C12H24N2O2/c1-12(2,3)10-14-6-4-5-13(7-8-14)9-11(15)16/h4-10H2,1-3H3,(H,15,16). The minimum atomic E-state index is -0.718. The van der Waals surface area contributed by atoms with Crippen LogP contribution in [0.2, 0.25) is 0 Å². The average molecular weight is 228 g/mol. The van der Waals surface area contributed by atoms with Crippen LogP contribution in [-0.2, 0) is 4.79 Å². The van der Waals surface area contributed by atoms with Gasteiger partial charge in [0.15, 0.2) is 0 Å². The second-order valence-electron chi connectivity index (χ2n) is 5.86. The zero-order valence-electron chi connectivity index (χ0n) is 10.7. The predicted molar refractivity (Wildman–Crippen MR) is 64.6 cm³/mol. The molecule has 0 aromatic carbocycles. The maximum atomic E-state index is 10.6. The molecule has 0 amide bonds. The maximum Gasteiger partial charge on any atom is 0.317 e. The Balaban J connectivity index is 2.37. The van der Waals surface area contributed by atoms with Gasteiger partial charge in [-0.05, 0) is 18.4 Å². The largest absolute Gasteiger partial charge is 0.480 e. The SMILES string of the molecule is CC(C)(C)CN1CCCN(CC(=O)O)CC1. The molecule has 16 heavy (non-hydrogen) atoms. The molecular formula is C12H24N2O2. The minimum Gasteiger partial charge on any atom is -0.480 e. The summed E-state index contributed by atoms with van der Waals surface area (Å²) in [7, 11) is 0. The van der Waals surface area contributed by atoms with Crippen LogP contribution in [0.5, 0.6) is 0 Å². The minimum absolute atomic E-state index is 0.184. The Morgan fingerprint density at radius 3 is 2.25 bits per heavy atom. The Bertz CT molecular complexity index is 236. The van der Waals surface area contributed by atoms with Gasteiger partial charge in [-0.15, -0.1) is 0 Å². The Morgan fingerprint density at radius 1 is 1.12 bits per heavy atom. The molecule has 0 bridgehead atoms. The van der Waals surface area contributed by atoms with Crippen molar-refractivity contribution < 1.29 is 9.90 Å². The second-order valence-corrected chi connectivity index (χ2v) is 5.86. The van der Waals surface area contributed by atoms with Gasteiger partial charge in [0.2, 0.25) is 0 Å². The molecule has 1 saturated heterocycles. The average Bonchev–Trinajstić information content (AvgIpc) is 2.27. The van der Waals surface area contributed by atoms with Crippen LogP contribution >= 0.6 is 0 Å². The third kappa shape index (κ3) is 5.47. The van der Waals surface area contributed by atoms with Crippen LogP contribution in [0.3, 0.4) is 0 Å². The molecule has 0 saturated carbocycles. The van der Waals surface area contributed by atoms with E-state index >= 15 is 0 Å². The van der Waals surface area contributed by atoms with Crippen molar-refractivity contribution in [2.45, 2.75) is 27.2 Å². The molecule has 4 nitrogen and oxygen atoms in total. The molecule has 1 N–H and O–H groups in total. The topological polar surface area (TPSA) is 43.8 Å². The highest BCUT2D eigenvalue weighted by molar-refractivity contribution is 5.69. The molecule has 0 spiro atoms. The zero-order valence-corrected chi connectivity index (χ0v) is 10.7. The Kier molecular flexibility index (Phi) is 4.74. The van der Waals surface area contributed by atoms with Gasteiger partial charge in [-0.3, -0.25) is 9.69 Å². The first-order valence-corrected chi connectivity index (χ1v) is 6.03. The number of nitrogens with zero attached hydrogens (tertiary/aromatic N) is 2. The van der Waals surface area contributed by atoms with Crippen LogP contribution in [0.1, 0.15) is 27.2 Å². The highest BCUT2D eigenvalue weighted by atomic mass is 16.4. The Labute approximate surface area is 98.2 Å². The van der Waals surface area contributed by atoms with Crippen molar-refractivity contribution in [1.82, 2.24) is 9.80 Å². The summed E-state index contributed by atoms with van der Waals surface area (Å²) in [5, 5.41) is 8.75. The summed E-state index contributed by atoms with van der Waals surface area (Å²) in [4.78, 5) is 15.1. The van der Waals surface area contributed by atoms with Gasteiger partial charge in [0.25, 0.3) is 0 Å². The van der Waals surface area contributed by atoms with E-state index < -0.39 is 5.97 Å². The molecule has 0 aliphatic carbocycles. The van der Waals surface area contributed by atoms with Crippen molar-refractivity contribution >= 4 is 5.97 Å². The van der Waals surface area contributed by atoms with Gasteiger partial charge in [-0.1, -0.05) is 20.8 Å². The Morgan fingerprint density at radius 2 is 1.69 bits per heavy atom. The maximum absolute atomic E-state index is 10.6. The van der Waals surface area contributed by atoms with E-state index in [2.05, 4.69) is 25.7 Å². The molecule has 0 aromatic rings. The molecule has 4 heteroatoms. The molecule has 0 radical (unpaired) electrons. The van der Waals surface area contributed by atoms with E-state index in [-0.39, 0.29) is 6.54 Å². The Hall–Kier alpha value is -0.610. The van der Waals surface area contributed by atoms with E-state index in [1.54, 1.807) is 0 Å². The first-order chi connectivity index (χ1) is 7.37. The monoisotopic (exact) mass is 228 g/mol. The van der Waals surface area contributed by atoms with Crippen molar-refractivity contribution in [2.24, 2.45) is 5.41 Å². The molecule has 1 rings (SSSR count). The summed E-state index contributed by atoms with van der Waals surface area (Å²) >= 11 is 0. The van der Waals surface area contributed by atoms with Gasteiger partial charge in [0.1, 0.15) is 0 Å². The number of aliphatic carboxylic acids is 1. The van der Waals surface area contributed by atoms with Gasteiger partial charge in [-0.25, -0.2) is 0 Å². The first-order valence-electron chi connectivity index (χ1n) is 6.03. The highest BCUT2D eigenvalue weighted by Gasteiger charge is 2.20. The number of carboxylic acid groups (broad SMARTS) is 1. The van der Waals surface area contributed by atoms with Crippen molar-refractivity contribution in [3.05, 3.63) is 0 Å². The summed E-state index contributed by atoms with van der Waals surface area (Å²) in [5.74, 6) is -0.718. The van der Waals surface area contributed by atoms with Gasteiger partial charge in [0, 0.05) is 26.2 Å². The van der Waals surface area contributed by atoms with Crippen molar-refractivity contribution in [2.75, 3.05) is 39.3 Å². The third-order valence-corrected chi connectivity index (χ3v) is 2.74. The normalized spacial score (nSPS) is 20.7.